The Kier molecular flexibility index (Phi) is 5.17. The Morgan fingerprint density at radius 1 is 1.37 bits per heavy atom. The monoisotopic (exact) mass is 266 g/mol. The van der Waals surface area contributed by atoms with E-state index >= 15 is 0 Å². The van der Waals surface area contributed by atoms with Crippen molar-refractivity contribution in [3.63, 3.8) is 0 Å². The van der Waals surface area contributed by atoms with Crippen LogP contribution >= 0.6 is 0 Å². The van der Waals surface area contributed by atoms with Gasteiger partial charge in [-0.1, -0.05) is 12.1 Å². The molecule has 6 nitrogen and oxygen atoms in total. The van der Waals surface area contributed by atoms with Crippen LogP contribution in [0.1, 0.15) is 12.5 Å². The first-order valence-corrected chi connectivity index (χ1v) is 5.81. The Hall–Kier alpha value is -2.24. The number of hydrogen-bond donors (Lipinski definition) is 2. The molecule has 6 heteroatoms. The molecule has 1 unspecified atom stereocenters. The molecule has 0 heterocycles. The number of carbonyl (C=O) groups excluding carboxylic acids is 1. The molecule has 0 aliphatic carbocycles. The summed E-state index contributed by atoms with van der Waals surface area (Å²) >= 11 is 0. The van der Waals surface area contributed by atoms with Crippen LogP contribution in [-0.4, -0.2) is 42.2 Å². The number of carboxylic acids is 1. The fourth-order valence-corrected chi connectivity index (χ4v) is 1.43. The van der Waals surface area contributed by atoms with E-state index in [-0.39, 0.29) is 0 Å². The van der Waals surface area contributed by atoms with E-state index in [2.05, 4.69) is 5.32 Å². The SMILES string of the molecule is COc1ccc(CN(C)C(=O)NC(C)C(=O)O)cc1. The van der Waals surface area contributed by atoms with Crippen molar-refractivity contribution in [1.29, 1.82) is 0 Å². The molecular formula is C13H18N2O4. The standard InChI is InChI=1S/C13H18N2O4/c1-9(12(16)17)14-13(18)15(2)8-10-4-6-11(19-3)7-5-10/h4-7,9H,8H2,1-3H3,(H,14,18)(H,16,17). The van der Waals surface area contributed by atoms with E-state index in [1.54, 1.807) is 26.3 Å². The van der Waals surface area contributed by atoms with Crippen molar-refractivity contribution in [3.8, 4) is 5.75 Å². The van der Waals surface area contributed by atoms with Crippen molar-refractivity contribution in [2.45, 2.75) is 19.5 Å². The maximum Gasteiger partial charge on any atom is 0.325 e. The van der Waals surface area contributed by atoms with Crippen molar-refractivity contribution in [3.05, 3.63) is 29.8 Å². The molecule has 0 fully saturated rings. The Labute approximate surface area is 112 Å². The number of amides is 2. The molecule has 2 N–H and O–H groups in total. The molecule has 0 bridgehead atoms. The van der Waals surface area contributed by atoms with Crippen LogP contribution in [0.25, 0.3) is 0 Å². The van der Waals surface area contributed by atoms with Gasteiger partial charge in [-0.05, 0) is 24.6 Å². The predicted octanol–water partition coefficient (Wildman–Crippen LogP) is 1.31. The molecule has 2 amide bonds. The number of nitrogens with zero attached hydrogens (tertiary/aromatic N) is 1. The lowest BCUT2D eigenvalue weighted by Gasteiger charge is -2.19. The Bertz CT molecular complexity index is 444. The zero-order valence-corrected chi connectivity index (χ0v) is 11.2. The lowest BCUT2D eigenvalue weighted by molar-refractivity contribution is -0.138. The number of methoxy groups -OCH3 is 1. The summed E-state index contributed by atoms with van der Waals surface area (Å²) in [4.78, 5) is 23.8. The van der Waals surface area contributed by atoms with Gasteiger partial charge in [-0.25, -0.2) is 4.79 Å². The molecule has 0 radical (unpaired) electrons. The van der Waals surface area contributed by atoms with Crippen molar-refractivity contribution < 1.29 is 19.4 Å². The summed E-state index contributed by atoms with van der Waals surface area (Å²) in [6, 6.07) is 5.98. The van der Waals surface area contributed by atoms with Gasteiger partial charge in [0.05, 0.1) is 7.11 Å². The highest BCUT2D eigenvalue weighted by Crippen LogP contribution is 2.12. The maximum atomic E-state index is 11.7. The largest absolute Gasteiger partial charge is 0.497 e. The molecule has 104 valence electrons. The van der Waals surface area contributed by atoms with Crippen LogP contribution in [-0.2, 0) is 11.3 Å². The number of ether oxygens (including phenoxy) is 1. The van der Waals surface area contributed by atoms with Gasteiger partial charge in [0, 0.05) is 13.6 Å². The van der Waals surface area contributed by atoms with Gasteiger partial charge in [0.2, 0.25) is 0 Å². The van der Waals surface area contributed by atoms with Gasteiger partial charge in [0.25, 0.3) is 0 Å². The Morgan fingerprint density at radius 3 is 2.42 bits per heavy atom. The average Bonchev–Trinajstić information content (AvgIpc) is 2.39. The summed E-state index contributed by atoms with van der Waals surface area (Å²) in [5.74, 6) is -0.318. The van der Waals surface area contributed by atoms with E-state index in [0.29, 0.717) is 6.54 Å². The lowest BCUT2D eigenvalue weighted by Crippen LogP contribution is -2.44. The van der Waals surface area contributed by atoms with Crippen LogP contribution in [0.4, 0.5) is 4.79 Å². The molecular weight excluding hydrogens is 248 g/mol. The maximum absolute atomic E-state index is 11.7. The quantitative estimate of drug-likeness (QED) is 0.842. The van der Waals surface area contributed by atoms with Gasteiger partial charge in [-0.2, -0.15) is 0 Å². The van der Waals surface area contributed by atoms with Gasteiger partial charge in [-0.3, -0.25) is 4.79 Å². The molecule has 0 aliphatic rings. The van der Waals surface area contributed by atoms with Crippen LogP contribution in [0.3, 0.4) is 0 Å². The predicted molar refractivity (Wildman–Crippen MR) is 70.1 cm³/mol. The number of benzene rings is 1. The summed E-state index contributed by atoms with van der Waals surface area (Å²) in [6.45, 7) is 1.81. The smallest absolute Gasteiger partial charge is 0.325 e. The van der Waals surface area contributed by atoms with Crippen molar-refractivity contribution >= 4 is 12.0 Å². The van der Waals surface area contributed by atoms with Gasteiger partial charge < -0.3 is 20.1 Å². The second kappa shape index (κ2) is 6.63. The molecule has 1 aromatic rings. The molecule has 19 heavy (non-hydrogen) atoms. The second-order valence-corrected chi connectivity index (χ2v) is 4.21. The van der Waals surface area contributed by atoms with E-state index in [1.165, 1.54) is 11.8 Å². The highest BCUT2D eigenvalue weighted by Gasteiger charge is 2.16. The highest BCUT2D eigenvalue weighted by atomic mass is 16.5. The average molecular weight is 266 g/mol. The van der Waals surface area contributed by atoms with E-state index in [1.807, 2.05) is 12.1 Å². The minimum absolute atomic E-state index is 0.391. The fourth-order valence-electron chi connectivity index (χ4n) is 1.43. The molecule has 1 atom stereocenters. The molecule has 0 spiro atoms. The summed E-state index contributed by atoms with van der Waals surface area (Å²) in [5, 5.41) is 11.1. The van der Waals surface area contributed by atoms with E-state index in [0.717, 1.165) is 11.3 Å². The van der Waals surface area contributed by atoms with E-state index in [9.17, 15) is 9.59 Å². The summed E-state index contributed by atoms with van der Waals surface area (Å²) < 4.78 is 5.04. The number of carboxylic acid groups (broad SMARTS) is 1. The number of hydrogen-bond acceptors (Lipinski definition) is 3. The van der Waals surface area contributed by atoms with Crippen molar-refractivity contribution in [2.75, 3.05) is 14.2 Å². The lowest BCUT2D eigenvalue weighted by atomic mass is 10.2. The number of urea groups is 1. The van der Waals surface area contributed by atoms with E-state index < -0.39 is 18.0 Å². The molecule has 0 saturated carbocycles. The summed E-state index contributed by atoms with van der Waals surface area (Å²) in [5.41, 5.74) is 0.932. The fraction of sp³-hybridized carbons (Fsp3) is 0.385. The first kappa shape index (κ1) is 14.8. The summed E-state index contributed by atoms with van der Waals surface area (Å²) in [6.07, 6.45) is 0. The molecule has 0 aromatic heterocycles. The van der Waals surface area contributed by atoms with Gasteiger partial charge in [0.15, 0.2) is 0 Å². The first-order chi connectivity index (χ1) is 8.93. The van der Waals surface area contributed by atoms with Crippen LogP contribution in [0.5, 0.6) is 5.75 Å². The minimum Gasteiger partial charge on any atom is -0.497 e. The number of rotatable bonds is 5. The third-order valence-electron chi connectivity index (χ3n) is 2.64. The van der Waals surface area contributed by atoms with Crippen LogP contribution in [0.15, 0.2) is 24.3 Å². The first-order valence-electron chi connectivity index (χ1n) is 5.81. The number of aliphatic carboxylic acids is 1. The number of nitrogens with one attached hydrogen (secondary N) is 1. The normalized spacial score (nSPS) is 11.5. The Balaban J connectivity index is 2.55. The summed E-state index contributed by atoms with van der Waals surface area (Å²) in [7, 11) is 3.19. The van der Waals surface area contributed by atoms with Crippen LogP contribution < -0.4 is 10.1 Å². The molecule has 0 saturated heterocycles. The van der Waals surface area contributed by atoms with Crippen LogP contribution in [0.2, 0.25) is 0 Å². The third kappa shape index (κ3) is 4.50. The van der Waals surface area contributed by atoms with Crippen LogP contribution in [0, 0.1) is 0 Å². The Morgan fingerprint density at radius 2 is 1.95 bits per heavy atom. The molecule has 0 aliphatic heterocycles. The number of carbonyl (C=O) groups is 2. The third-order valence-corrected chi connectivity index (χ3v) is 2.64. The molecule has 1 rings (SSSR count). The second-order valence-electron chi connectivity index (χ2n) is 4.21. The van der Waals surface area contributed by atoms with Gasteiger partial charge in [-0.15, -0.1) is 0 Å². The zero-order chi connectivity index (χ0) is 14.4. The van der Waals surface area contributed by atoms with E-state index in [4.69, 9.17) is 9.84 Å². The minimum atomic E-state index is -1.06. The van der Waals surface area contributed by atoms with Crippen molar-refractivity contribution in [2.24, 2.45) is 0 Å². The van der Waals surface area contributed by atoms with Gasteiger partial charge >= 0.3 is 12.0 Å². The highest BCUT2D eigenvalue weighted by molar-refractivity contribution is 5.82. The van der Waals surface area contributed by atoms with Gasteiger partial charge in [0.1, 0.15) is 11.8 Å². The van der Waals surface area contributed by atoms with Crippen molar-refractivity contribution in [1.82, 2.24) is 10.2 Å². The topological polar surface area (TPSA) is 78.9 Å². The molecule has 1 aromatic carbocycles. The zero-order valence-electron chi connectivity index (χ0n) is 11.2.